The lowest BCUT2D eigenvalue weighted by atomic mass is 9.89. The molecule has 2 heterocycles. The van der Waals surface area contributed by atoms with E-state index in [-0.39, 0.29) is 11.8 Å². The summed E-state index contributed by atoms with van der Waals surface area (Å²) in [4.78, 5) is 13.6. The van der Waals surface area contributed by atoms with E-state index in [9.17, 15) is 4.79 Å². The summed E-state index contributed by atoms with van der Waals surface area (Å²) in [5, 5.41) is 5.17. The number of fused-ring (bicyclic) bond motifs is 1. The number of anilines is 1. The van der Waals surface area contributed by atoms with E-state index < -0.39 is 0 Å². The first-order valence-electron chi connectivity index (χ1n) is 8.40. The van der Waals surface area contributed by atoms with Crippen LogP contribution >= 0.6 is 11.3 Å². The molecule has 132 valence electrons. The fourth-order valence-electron chi connectivity index (χ4n) is 3.40. The minimum absolute atomic E-state index is 0.0351. The Labute approximate surface area is 156 Å². The molecular formula is C21H19NO3S. The van der Waals surface area contributed by atoms with Gasteiger partial charge in [-0.25, -0.2) is 0 Å². The van der Waals surface area contributed by atoms with Gasteiger partial charge in [0.1, 0.15) is 11.5 Å². The second-order valence-corrected chi connectivity index (χ2v) is 7.08. The molecule has 4 rings (SSSR count). The lowest BCUT2D eigenvalue weighted by Crippen LogP contribution is -2.22. The fourth-order valence-corrected chi connectivity index (χ4v) is 4.55. The highest BCUT2D eigenvalue weighted by atomic mass is 32.1. The Hall–Kier alpha value is -2.79. The monoisotopic (exact) mass is 365 g/mol. The van der Waals surface area contributed by atoms with E-state index >= 15 is 0 Å². The molecule has 0 unspecified atom stereocenters. The van der Waals surface area contributed by atoms with Gasteiger partial charge in [0.2, 0.25) is 5.91 Å². The van der Waals surface area contributed by atoms with Crippen molar-refractivity contribution in [3.8, 4) is 22.6 Å². The van der Waals surface area contributed by atoms with Gasteiger partial charge in [0.05, 0.1) is 19.9 Å². The van der Waals surface area contributed by atoms with Gasteiger partial charge in [0, 0.05) is 33.7 Å². The lowest BCUT2D eigenvalue weighted by molar-refractivity contribution is -0.116. The summed E-state index contributed by atoms with van der Waals surface area (Å²) in [5.41, 5.74) is 4.02. The quantitative estimate of drug-likeness (QED) is 0.715. The van der Waals surface area contributed by atoms with E-state index in [4.69, 9.17) is 9.47 Å². The van der Waals surface area contributed by atoms with Gasteiger partial charge in [0.25, 0.3) is 0 Å². The van der Waals surface area contributed by atoms with Crippen molar-refractivity contribution >= 4 is 22.9 Å². The van der Waals surface area contributed by atoms with Crippen LogP contribution in [-0.2, 0) is 4.79 Å². The third-order valence-corrected chi connectivity index (χ3v) is 5.80. The molecule has 4 nitrogen and oxygen atoms in total. The highest BCUT2D eigenvalue weighted by Gasteiger charge is 2.31. The Bertz CT molecular complexity index is 946. The van der Waals surface area contributed by atoms with Gasteiger partial charge in [-0.1, -0.05) is 30.3 Å². The van der Waals surface area contributed by atoms with Crippen LogP contribution in [0.4, 0.5) is 5.69 Å². The topological polar surface area (TPSA) is 47.6 Å². The molecule has 1 atom stereocenters. The van der Waals surface area contributed by atoms with Gasteiger partial charge in [-0.3, -0.25) is 4.79 Å². The molecule has 3 aromatic rings. The van der Waals surface area contributed by atoms with Gasteiger partial charge in [0.15, 0.2) is 0 Å². The Morgan fingerprint density at radius 1 is 1.00 bits per heavy atom. The van der Waals surface area contributed by atoms with Gasteiger partial charge in [-0.2, -0.15) is 0 Å². The minimum Gasteiger partial charge on any atom is -0.497 e. The van der Waals surface area contributed by atoms with E-state index in [2.05, 4.69) is 10.7 Å². The molecule has 0 fully saturated rings. The van der Waals surface area contributed by atoms with Gasteiger partial charge >= 0.3 is 0 Å². The highest BCUT2D eigenvalue weighted by molar-refractivity contribution is 7.11. The fraction of sp³-hybridized carbons (Fsp3) is 0.190. The van der Waals surface area contributed by atoms with Gasteiger partial charge in [-0.15, -0.1) is 11.3 Å². The van der Waals surface area contributed by atoms with Crippen LogP contribution in [0.2, 0.25) is 0 Å². The number of thiophene rings is 1. The Kier molecular flexibility index (Phi) is 4.39. The van der Waals surface area contributed by atoms with E-state index in [1.54, 1.807) is 25.6 Å². The SMILES string of the molecule is COc1ccc([C@H]2CC(=O)Nc3c(-c4ccccc4OC)csc32)cc1. The van der Waals surface area contributed by atoms with Crippen LogP contribution in [0.5, 0.6) is 11.5 Å². The summed E-state index contributed by atoms with van der Waals surface area (Å²) >= 11 is 1.68. The van der Waals surface area contributed by atoms with Crippen molar-refractivity contribution in [1.29, 1.82) is 0 Å². The predicted molar refractivity (Wildman–Crippen MR) is 104 cm³/mol. The smallest absolute Gasteiger partial charge is 0.225 e. The first-order chi connectivity index (χ1) is 12.7. The number of hydrogen-bond donors (Lipinski definition) is 1. The second kappa shape index (κ2) is 6.84. The number of carbonyl (C=O) groups is 1. The maximum Gasteiger partial charge on any atom is 0.225 e. The van der Waals surface area contributed by atoms with Crippen LogP contribution in [0.25, 0.3) is 11.1 Å². The molecule has 5 heteroatoms. The molecule has 0 bridgehead atoms. The van der Waals surface area contributed by atoms with Crippen LogP contribution in [0.15, 0.2) is 53.9 Å². The first kappa shape index (κ1) is 16.7. The zero-order chi connectivity index (χ0) is 18.1. The molecule has 26 heavy (non-hydrogen) atoms. The maximum absolute atomic E-state index is 12.4. The van der Waals surface area contributed by atoms with E-state index in [1.807, 2.05) is 48.5 Å². The van der Waals surface area contributed by atoms with Crippen molar-refractivity contribution in [3.05, 3.63) is 64.4 Å². The Morgan fingerprint density at radius 2 is 1.77 bits per heavy atom. The average Bonchev–Trinajstić information content (AvgIpc) is 3.11. The third-order valence-electron chi connectivity index (χ3n) is 4.71. The molecule has 1 aliphatic heterocycles. The van der Waals surface area contributed by atoms with Gasteiger partial charge in [-0.05, 0) is 23.8 Å². The molecule has 0 aliphatic carbocycles. The Balaban J connectivity index is 1.80. The highest BCUT2D eigenvalue weighted by Crippen LogP contribution is 2.48. The number of rotatable bonds is 4. The van der Waals surface area contributed by atoms with Crippen LogP contribution < -0.4 is 14.8 Å². The molecule has 0 saturated carbocycles. The first-order valence-corrected chi connectivity index (χ1v) is 9.27. The van der Waals surface area contributed by atoms with E-state index in [0.717, 1.165) is 33.9 Å². The summed E-state index contributed by atoms with van der Waals surface area (Å²) in [5.74, 6) is 1.70. The standard InChI is InChI=1S/C21H19NO3S/c1-24-14-9-7-13(8-10-14)16-11-19(23)22-20-17(12-26-21(16)20)15-5-3-4-6-18(15)25-2/h3-10,12,16H,11H2,1-2H3,(H,22,23)/t16-/m1/s1. The number of amides is 1. The van der Waals surface area contributed by atoms with Crippen molar-refractivity contribution in [2.45, 2.75) is 12.3 Å². The largest absolute Gasteiger partial charge is 0.497 e. The zero-order valence-corrected chi connectivity index (χ0v) is 15.4. The normalized spacial score (nSPS) is 15.9. The molecule has 1 N–H and O–H groups in total. The maximum atomic E-state index is 12.4. The summed E-state index contributed by atoms with van der Waals surface area (Å²) in [7, 11) is 3.32. The summed E-state index contributed by atoms with van der Waals surface area (Å²) in [6.07, 6.45) is 0.450. The molecular weight excluding hydrogens is 346 g/mol. The number of carbonyl (C=O) groups excluding carboxylic acids is 1. The number of benzene rings is 2. The number of hydrogen-bond acceptors (Lipinski definition) is 4. The van der Waals surface area contributed by atoms with E-state index in [1.165, 1.54) is 4.88 Å². The molecule has 0 saturated heterocycles. The van der Waals surface area contributed by atoms with Crippen molar-refractivity contribution in [2.75, 3.05) is 19.5 Å². The van der Waals surface area contributed by atoms with Crippen molar-refractivity contribution < 1.29 is 14.3 Å². The summed E-state index contributed by atoms with van der Waals surface area (Å²) < 4.78 is 10.7. The summed E-state index contributed by atoms with van der Waals surface area (Å²) in [6.45, 7) is 0. The number of ether oxygens (including phenoxy) is 2. The molecule has 1 aliphatic rings. The molecule has 0 spiro atoms. The Morgan fingerprint density at radius 3 is 2.50 bits per heavy atom. The number of nitrogens with one attached hydrogen (secondary N) is 1. The van der Waals surface area contributed by atoms with Crippen LogP contribution in [0.3, 0.4) is 0 Å². The van der Waals surface area contributed by atoms with Gasteiger partial charge < -0.3 is 14.8 Å². The predicted octanol–water partition coefficient (Wildman–Crippen LogP) is 4.91. The second-order valence-electron chi connectivity index (χ2n) is 6.17. The minimum atomic E-state index is 0.0351. The van der Waals surface area contributed by atoms with Crippen molar-refractivity contribution in [3.63, 3.8) is 0 Å². The zero-order valence-electron chi connectivity index (χ0n) is 14.6. The number of para-hydroxylation sites is 1. The van der Waals surface area contributed by atoms with E-state index in [0.29, 0.717) is 6.42 Å². The molecule has 1 amide bonds. The molecule has 1 aromatic heterocycles. The molecule has 2 aromatic carbocycles. The third kappa shape index (κ3) is 2.84. The van der Waals surface area contributed by atoms with Crippen LogP contribution in [0, 0.1) is 0 Å². The van der Waals surface area contributed by atoms with Crippen LogP contribution in [-0.4, -0.2) is 20.1 Å². The summed E-state index contributed by atoms with van der Waals surface area (Å²) in [6, 6.07) is 15.8. The molecule has 0 radical (unpaired) electrons. The number of methoxy groups -OCH3 is 2. The van der Waals surface area contributed by atoms with Crippen molar-refractivity contribution in [1.82, 2.24) is 0 Å². The van der Waals surface area contributed by atoms with Crippen LogP contribution in [0.1, 0.15) is 22.8 Å². The van der Waals surface area contributed by atoms with Crippen molar-refractivity contribution in [2.24, 2.45) is 0 Å². The average molecular weight is 365 g/mol. The lowest BCUT2D eigenvalue weighted by Gasteiger charge is -2.24.